The Hall–Kier alpha value is -2.86. The second kappa shape index (κ2) is 10.5. The fourth-order valence-electron chi connectivity index (χ4n) is 4.50. The van der Waals surface area contributed by atoms with Crippen LogP contribution >= 0.6 is 0 Å². The molecule has 1 saturated carbocycles. The van der Waals surface area contributed by atoms with Crippen LogP contribution in [0.4, 0.5) is 18.0 Å². The maximum absolute atomic E-state index is 13.9. The molecule has 3 heterocycles. The van der Waals surface area contributed by atoms with Crippen molar-refractivity contribution in [3.05, 3.63) is 29.6 Å². The van der Waals surface area contributed by atoms with E-state index < -0.39 is 29.5 Å². The average molecular weight is 527 g/mol. The Balaban J connectivity index is 1.61. The quantitative estimate of drug-likeness (QED) is 0.593. The number of hydrogen-bond donors (Lipinski definition) is 1. The van der Waals surface area contributed by atoms with Crippen LogP contribution in [0.1, 0.15) is 51.2 Å². The zero-order chi connectivity index (χ0) is 27.0. The van der Waals surface area contributed by atoms with E-state index in [-0.39, 0.29) is 62.4 Å². The number of aryl methyl sites for hydroxylation is 1. The van der Waals surface area contributed by atoms with Gasteiger partial charge in [0.1, 0.15) is 11.2 Å². The number of rotatable bonds is 7. The number of alkyl halides is 3. The number of halogens is 3. The highest BCUT2D eigenvalue weighted by Gasteiger charge is 2.41. The summed E-state index contributed by atoms with van der Waals surface area (Å²) in [5, 5.41) is 9.19. The van der Waals surface area contributed by atoms with Crippen LogP contribution in [0, 0.1) is 0 Å². The molecule has 12 heteroatoms. The molecule has 2 aromatic rings. The fraction of sp³-hybridized carbons (Fsp3) is 0.640. The van der Waals surface area contributed by atoms with Crippen molar-refractivity contribution in [1.29, 1.82) is 0 Å². The van der Waals surface area contributed by atoms with E-state index in [1.54, 1.807) is 36.4 Å². The van der Waals surface area contributed by atoms with Crippen molar-refractivity contribution in [3.8, 4) is 0 Å². The van der Waals surface area contributed by atoms with Crippen LogP contribution in [-0.4, -0.2) is 80.5 Å². The number of ether oxygens (including phenoxy) is 2. The van der Waals surface area contributed by atoms with Crippen molar-refractivity contribution in [2.75, 3.05) is 26.3 Å². The molecule has 0 bridgehead atoms. The lowest BCUT2D eigenvalue weighted by atomic mass is 10.1. The van der Waals surface area contributed by atoms with Crippen LogP contribution < -0.4 is 0 Å². The molecule has 1 unspecified atom stereocenters. The van der Waals surface area contributed by atoms with Crippen molar-refractivity contribution >= 4 is 23.0 Å². The molecule has 2 aromatic heterocycles. The number of aromatic nitrogens is 2. The molecule has 37 heavy (non-hydrogen) atoms. The smallest absolute Gasteiger partial charge is 0.417 e. The zero-order valence-electron chi connectivity index (χ0n) is 21.3. The molecule has 1 atom stereocenters. The Bertz CT molecular complexity index is 1140. The van der Waals surface area contributed by atoms with Gasteiger partial charge in [-0.25, -0.2) is 9.78 Å². The number of fused-ring (bicyclic) bond motifs is 1. The van der Waals surface area contributed by atoms with Gasteiger partial charge in [0.25, 0.3) is 5.91 Å². The van der Waals surface area contributed by atoms with Crippen LogP contribution in [0.5, 0.6) is 0 Å². The zero-order valence-corrected chi connectivity index (χ0v) is 21.3. The lowest BCUT2D eigenvalue weighted by molar-refractivity contribution is -0.150. The standard InChI is InChI=1S/C25H33F3N4O5/c1-24(2,3)37-23(35)31-10-12-36-19(15-31)22(34)32(17-5-6-17)14-16-13-30(9-4-11-33)21-20(16)18(7-8-29-21)25(26,27)28/h7-8,13,17,19,33H,4-6,9-12,14-15H2,1-3H3. The highest BCUT2D eigenvalue weighted by Crippen LogP contribution is 2.38. The van der Waals surface area contributed by atoms with Gasteiger partial charge in [0.05, 0.1) is 18.7 Å². The number of amides is 2. The van der Waals surface area contributed by atoms with Crippen molar-refractivity contribution < 1.29 is 37.3 Å². The number of hydrogen-bond acceptors (Lipinski definition) is 6. The monoisotopic (exact) mass is 526 g/mol. The number of aliphatic hydroxyl groups excluding tert-OH is 1. The van der Waals surface area contributed by atoms with E-state index in [9.17, 15) is 27.9 Å². The SMILES string of the molecule is CC(C)(C)OC(=O)N1CCOC(C(=O)N(Cc2cn(CCCO)c3nccc(C(F)(F)F)c23)C2CC2)C1. The number of nitrogens with zero attached hydrogens (tertiary/aromatic N) is 4. The van der Waals surface area contributed by atoms with Crippen molar-refractivity contribution in [1.82, 2.24) is 19.4 Å². The molecule has 0 radical (unpaired) electrons. The minimum absolute atomic E-state index is 0.00455. The summed E-state index contributed by atoms with van der Waals surface area (Å²) in [6.07, 6.45) is -1.56. The molecule has 2 fully saturated rings. The number of aliphatic hydroxyl groups is 1. The van der Waals surface area contributed by atoms with E-state index in [0.717, 1.165) is 25.1 Å². The number of morpholine rings is 1. The van der Waals surface area contributed by atoms with Crippen molar-refractivity contribution in [2.24, 2.45) is 0 Å². The predicted molar refractivity (Wildman–Crippen MR) is 128 cm³/mol. The van der Waals surface area contributed by atoms with Gasteiger partial charge in [0, 0.05) is 50.1 Å². The van der Waals surface area contributed by atoms with Gasteiger partial charge >= 0.3 is 12.3 Å². The Morgan fingerprint density at radius 1 is 1.27 bits per heavy atom. The summed E-state index contributed by atoms with van der Waals surface area (Å²) in [6, 6.07) is 0.823. The predicted octanol–water partition coefficient (Wildman–Crippen LogP) is 3.56. The number of pyridine rings is 1. The first kappa shape index (κ1) is 27.2. The Kier molecular flexibility index (Phi) is 7.70. The first-order valence-electron chi connectivity index (χ1n) is 12.4. The third kappa shape index (κ3) is 6.35. The van der Waals surface area contributed by atoms with Gasteiger partial charge in [0.2, 0.25) is 0 Å². The van der Waals surface area contributed by atoms with Gasteiger partial charge in [0.15, 0.2) is 6.10 Å². The Morgan fingerprint density at radius 2 is 2.00 bits per heavy atom. The maximum atomic E-state index is 13.9. The molecule has 4 rings (SSSR count). The summed E-state index contributed by atoms with van der Waals surface area (Å²) in [4.78, 5) is 33.3. The fourth-order valence-corrected chi connectivity index (χ4v) is 4.50. The number of carbonyl (C=O) groups excluding carboxylic acids is 2. The summed E-state index contributed by atoms with van der Waals surface area (Å²) in [5.74, 6) is -0.371. The third-order valence-electron chi connectivity index (χ3n) is 6.30. The van der Waals surface area contributed by atoms with Crippen LogP contribution in [0.15, 0.2) is 18.5 Å². The molecular weight excluding hydrogens is 493 g/mol. The minimum Gasteiger partial charge on any atom is -0.444 e. The highest BCUT2D eigenvalue weighted by atomic mass is 19.4. The van der Waals surface area contributed by atoms with E-state index in [0.29, 0.717) is 12.0 Å². The molecule has 1 N–H and O–H groups in total. The normalized spacial score (nSPS) is 18.8. The topological polar surface area (TPSA) is 97.1 Å². The molecule has 1 aliphatic carbocycles. The van der Waals surface area contributed by atoms with Gasteiger partial charge in [-0.05, 0) is 51.7 Å². The summed E-state index contributed by atoms with van der Waals surface area (Å²) >= 11 is 0. The van der Waals surface area contributed by atoms with Gasteiger partial charge in [-0.2, -0.15) is 13.2 Å². The lowest BCUT2D eigenvalue weighted by Crippen LogP contribution is -2.53. The van der Waals surface area contributed by atoms with E-state index in [1.165, 1.54) is 4.90 Å². The van der Waals surface area contributed by atoms with Crippen molar-refractivity contribution in [2.45, 2.75) is 77.0 Å². The Labute approximate surface area is 213 Å². The Morgan fingerprint density at radius 3 is 2.62 bits per heavy atom. The van der Waals surface area contributed by atoms with E-state index in [4.69, 9.17) is 9.47 Å². The molecular formula is C25H33F3N4O5. The molecule has 0 spiro atoms. The third-order valence-corrected chi connectivity index (χ3v) is 6.30. The van der Waals surface area contributed by atoms with E-state index in [2.05, 4.69) is 4.98 Å². The first-order valence-corrected chi connectivity index (χ1v) is 12.4. The highest BCUT2D eigenvalue weighted by molar-refractivity contribution is 5.87. The average Bonchev–Trinajstić information content (AvgIpc) is 3.61. The summed E-state index contributed by atoms with van der Waals surface area (Å²) in [6.45, 7) is 5.82. The maximum Gasteiger partial charge on any atom is 0.417 e. The summed E-state index contributed by atoms with van der Waals surface area (Å²) in [7, 11) is 0. The van der Waals surface area contributed by atoms with Crippen LogP contribution in [-0.2, 0) is 33.5 Å². The largest absolute Gasteiger partial charge is 0.444 e. The van der Waals surface area contributed by atoms with Crippen LogP contribution in [0.3, 0.4) is 0 Å². The molecule has 2 amide bonds. The molecule has 1 saturated heterocycles. The van der Waals surface area contributed by atoms with Crippen LogP contribution in [0.25, 0.3) is 11.0 Å². The summed E-state index contributed by atoms with van der Waals surface area (Å²) < 4.78 is 54.5. The van der Waals surface area contributed by atoms with Gasteiger partial charge in [-0.1, -0.05) is 0 Å². The molecule has 1 aliphatic heterocycles. The molecule has 2 aliphatic rings. The molecule has 9 nitrogen and oxygen atoms in total. The van der Waals surface area contributed by atoms with Gasteiger partial charge in [-0.15, -0.1) is 0 Å². The van der Waals surface area contributed by atoms with Gasteiger partial charge < -0.3 is 28.9 Å². The number of carbonyl (C=O) groups is 2. The molecule has 0 aromatic carbocycles. The van der Waals surface area contributed by atoms with Gasteiger partial charge in [-0.3, -0.25) is 4.79 Å². The van der Waals surface area contributed by atoms with E-state index in [1.807, 2.05) is 0 Å². The van der Waals surface area contributed by atoms with Crippen LogP contribution in [0.2, 0.25) is 0 Å². The lowest BCUT2D eigenvalue weighted by Gasteiger charge is -2.36. The van der Waals surface area contributed by atoms with E-state index >= 15 is 0 Å². The minimum atomic E-state index is -4.60. The van der Waals surface area contributed by atoms with Crippen molar-refractivity contribution in [3.63, 3.8) is 0 Å². The molecule has 204 valence electrons. The second-order valence-electron chi connectivity index (χ2n) is 10.5. The summed E-state index contributed by atoms with van der Waals surface area (Å²) in [5.41, 5.74) is -1.02. The first-order chi connectivity index (χ1) is 17.4. The second-order valence-corrected chi connectivity index (χ2v) is 10.5.